The van der Waals surface area contributed by atoms with Gasteiger partial charge in [-0.1, -0.05) is 30.3 Å². The lowest BCUT2D eigenvalue weighted by Crippen LogP contribution is -2.49. The van der Waals surface area contributed by atoms with Crippen LogP contribution in [0, 0.1) is 0 Å². The van der Waals surface area contributed by atoms with E-state index in [0.29, 0.717) is 31.7 Å². The van der Waals surface area contributed by atoms with E-state index in [0.717, 1.165) is 21.4 Å². The maximum Gasteiger partial charge on any atom is 0.253 e. The normalized spacial score (nSPS) is 14.6. The standard InChI is InChI=1S/C23H25N5O3S/c1-26(2)32(30,31)20-10-8-19(9-11-20)23(29)28-14-12-27(13-15-28)22-16-21(24-17-25-22)18-6-4-3-5-7-18/h3-11,16-17H,12-15H2,1-2H3. The number of hydrogen-bond donors (Lipinski definition) is 0. The minimum atomic E-state index is -3.52. The molecule has 0 bridgehead atoms. The first kappa shape index (κ1) is 21.9. The second-order valence-electron chi connectivity index (χ2n) is 7.72. The summed E-state index contributed by atoms with van der Waals surface area (Å²) in [4.78, 5) is 25.8. The highest BCUT2D eigenvalue weighted by atomic mass is 32.2. The molecule has 2 aromatic carbocycles. The number of carbonyl (C=O) groups excluding carboxylic acids is 1. The van der Waals surface area contributed by atoms with Gasteiger partial charge in [-0.25, -0.2) is 22.7 Å². The largest absolute Gasteiger partial charge is 0.353 e. The first-order valence-corrected chi connectivity index (χ1v) is 11.7. The molecule has 4 rings (SSSR count). The van der Waals surface area contributed by atoms with E-state index in [-0.39, 0.29) is 10.8 Å². The third-order valence-electron chi connectivity index (χ3n) is 5.49. The Labute approximate surface area is 188 Å². The smallest absolute Gasteiger partial charge is 0.253 e. The monoisotopic (exact) mass is 451 g/mol. The number of nitrogens with zero attached hydrogens (tertiary/aromatic N) is 5. The summed E-state index contributed by atoms with van der Waals surface area (Å²) in [6.45, 7) is 2.43. The molecule has 0 unspecified atom stereocenters. The van der Waals surface area contributed by atoms with Crippen LogP contribution in [-0.4, -0.2) is 73.8 Å². The van der Waals surface area contributed by atoms with E-state index in [4.69, 9.17) is 0 Å². The van der Waals surface area contributed by atoms with Crippen LogP contribution in [0.5, 0.6) is 0 Å². The maximum absolute atomic E-state index is 12.9. The average Bonchev–Trinajstić information content (AvgIpc) is 2.84. The molecule has 0 N–H and O–H groups in total. The van der Waals surface area contributed by atoms with Crippen molar-refractivity contribution in [1.82, 2.24) is 19.2 Å². The van der Waals surface area contributed by atoms with Gasteiger partial charge in [-0.2, -0.15) is 0 Å². The predicted octanol–water partition coefficient (Wildman–Crippen LogP) is 2.36. The minimum absolute atomic E-state index is 0.105. The van der Waals surface area contributed by atoms with Crippen LogP contribution in [0.3, 0.4) is 0 Å². The van der Waals surface area contributed by atoms with E-state index in [1.165, 1.54) is 26.2 Å². The summed E-state index contributed by atoms with van der Waals surface area (Å²) < 4.78 is 25.6. The van der Waals surface area contributed by atoms with Crippen LogP contribution >= 0.6 is 0 Å². The molecule has 1 aromatic heterocycles. The molecule has 0 saturated carbocycles. The molecule has 8 nitrogen and oxygen atoms in total. The van der Waals surface area contributed by atoms with Crippen molar-refractivity contribution in [3.8, 4) is 11.3 Å². The second kappa shape index (κ2) is 9.05. The molecule has 0 atom stereocenters. The number of piperazine rings is 1. The molecule has 9 heteroatoms. The van der Waals surface area contributed by atoms with Gasteiger partial charge >= 0.3 is 0 Å². The highest BCUT2D eigenvalue weighted by molar-refractivity contribution is 7.89. The summed E-state index contributed by atoms with van der Waals surface area (Å²) in [7, 11) is -0.555. The van der Waals surface area contributed by atoms with Crippen LogP contribution in [0.15, 0.2) is 71.9 Å². The van der Waals surface area contributed by atoms with Crippen molar-refractivity contribution in [2.75, 3.05) is 45.2 Å². The molecule has 1 saturated heterocycles. The van der Waals surface area contributed by atoms with Crippen LogP contribution in [0.25, 0.3) is 11.3 Å². The molecule has 1 aliphatic heterocycles. The van der Waals surface area contributed by atoms with Crippen LogP contribution in [0.1, 0.15) is 10.4 Å². The lowest BCUT2D eigenvalue weighted by molar-refractivity contribution is 0.0746. The van der Waals surface area contributed by atoms with Crippen LogP contribution in [0.4, 0.5) is 5.82 Å². The van der Waals surface area contributed by atoms with Crippen LogP contribution < -0.4 is 4.90 Å². The fraction of sp³-hybridized carbons (Fsp3) is 0.261. The van der Waals surface area contributed by atoms with E-state index < -0.39 is 10.0 Å². The number of aromatic nitrogens is 2. The molecule has 32 heavy (non-hydrogen) atoms. The van der Waals surface area contributed by atoms with E-state index in [1.807, 2.05) is 36.4 Å². The number of anilines is 1. The minimum Gasteiger partial charge on any atom is -0.353 e. The fourth-order valence-corrected chi connectivity index (χ4v) is 4.49. The van der Waals surface area contributed by atoms with Gasteiger partial charge in [0.1, 0.15) is 12.1 Å². The Balaban J connectivity index is 1.41. The zero-order chi connectivity index (χ0) is 22.7. The summed E-state index contributed by atoms with van der Waals surface area (Å²) in [5, 5.41) is 0. The average molecular weight is 452 g/mol. The molecule has 0 radical (unpaired) electrons. The Kier molecular flexibility index (Phi) is 6.20. The molecular weight excluding hydrogens is 426 g/mol. The third-order valence-corrected chi connectivity index (χ3v) is 7.32. The summed E-state index contributed by atoms with van der Waals surface area (Å²) >= 11 is 0. The SMILES string of the molecule is CN(C)S(=O)(=O)c1ccc(C(=O)N2CCN(c3cc(-c4ccccc4)ncn3)CC2)cc1. The first-order valence-electron chi connectivity index (χ1n) is 10.3. The Bertz CT molecular complexity index is 1190. The predicted molar refractivity (Wildman–Crippen MR) is 123 cm³/mol. The Morgan fingerprint density at radius 1 is 0.906 bits per heavy atom. The van der Waals surface area contributed by atoms with Crippen molar-refractivity contribution in [3.05, 3.63) is 72.6 Å². The fourth-order valence-electron chi connectivity index (χ4n) is 3.59. The van der Waals surface area contributed by atoms with E-state index in [1.54, 1.807) is 23.4 Å². The third kappa shape index (κ3) is 4.49. The highest BCUT2D eigenvalue weighted by Crippen LogP contribution is 2.22. The second-order valence-corrected chi connectivity index (χ2v) is 9.87. The zero-order valence-corrected chi connectivity index (χ0v) is 18.9. The summed E-state index contributed by atoms with van der Waals surface area (Å²) in [5.74, 6) is 0.732. The Hall–Kier alpha value is -3.30. The summed E-state index contributed by atoms with van der Waals surface area (Å²) in [6, 6.07) is 18.0. The highest BCUT2D eigenvalue weighted by Gasteiger charge is 2.24. The van der Waals surface area contributed by atoms with Gasteiger partial charge in [-0.15, -0.1) is 0 Å². The van der Waals surface area contributed by atoms with Crippen molar-refractivity contribution < 1.29 is 13.2 Å². The quantitative estimate of drug-likeness (QED) is 0.592. The van der Waals surface area contributed by atoms with Gasteiger partial charge in [0.25, 0.3) is 5.91 Å². The van der Waals surface area contributed by atoms with Crippen molar-refractivity contribution in [2.24, 2.45) is 0 Å². The van der Waals surface area contributed by atoms with Gasteiger partial charge in [0.2, 0.25) is 10.0 Å². The van der Waals surface area contributed by atoms with Gasteiger partial charge < -0.3 is 9.80 Å². The maximum atomic E-state index is 12.9. The lowest BCUT2D eigenvalue weighted by atomic mass is 10.1. The number of amides is 1. The molecule has 2 heterocycles. The topological polar surface area (TPSA) is 86.7 Å². The Morgan fingerprint density at radius 2 is 1.56 bits per heavy atom. The van der Waals surface area contributed by atoms with E-state index in [9.17, 15) is 13.2 Å². The number of benzene rings is 2. The van der Waals surface area contributed by atoms with Crippen molar-refractivity contribution >= 4 is 21.7 Å². The summed E-state index contributed by atoms with van der Waals surface area (Å²) in [6.07, 6.45) is 1.57. The molecule has 166 valence electrons. The number of rotatable bonds is 5. The number of hydrogen-bond acceptors (Lipinski definition) is 6. The van der Waals surface area contributed by atoms with Gasteiger partial charge in [0.05, 0.1) is 10.6 Å². The number of sulfonamides is 1. The van der Waals surface area contributed by atoms with Crippen molar-refractivity contribution in [2.45, 2.75) is 4.90 Å². The van der Waals surface area contributed by atoms with Gasteiger partial charge in [-0.05, 0) is 24.3 Å². The molecule has 1 amide bonds. The van der Waals surface area contributed by atoms with Crippen molar-refractivity contribution in [1.29, 1.82) is 0 Å². The van der Waals surface area contributed by atoms with Gasteiger partial charge in [-0.3, -0.25) is 4.79 Å². The van der Waals surface area contributed by atoms with Gasteiger partial charge in [0.15, 0.2) is 0 Å². The molecule has 0 spiro atoms. The molecular formula is C23H25N5O3S. The number of carbonyl (C=O) groups is 1. The Morgan fingerprint density at radius 3 is 2.19 bits per heavy atom. The van der Waals surface area contributed by atoms with Crippen LogP contribution in [-0.2, 0) is 10.0 Å². The van der Waals surface area contributed by atoms with Crippen LogP contribution in [0.2, 0.25) is 0 Å². The summed E-state index contributed by atoms with van der Waals surface area (Å²) in [5.41, 5.74) is 2.37. The van der Waals surface area contributed by atoms with E-state index in [2.05, 4.69) is 14.9 Å². The molecule has 1 aliphatic rings. The van der Waals surface area contributed by atoms with Crippen molar-refractivity contribution in [3.63, 3.8) is 0 Å². The zero-order valence-electron chi connectivity index (χ0n) is 18.0. The molecule has 3 aromatic rings. The lowest BCUT2D eigenvalue weighted by Gasteiger charge is -2.35. The van der Waals surface area contributed by atoms with Gasteiger partial charge in [0, 0.05) is 57.5 Å². The van der Waals surface area contributed by atoms with E-state index >= 15 is 0 Å². The molecule has 1 fully saturated rings. The first-order chi connectivity index (χ1) is 15.4. The molecule has 0 aliphatic carbocycles.